The van der Waals surface area contributed by atoms with Crippen LogP contribution in [0.25, 0.3) is 11.3 Å². The van der Waals surface area contributed by atoms with Crippen molar-refractivity contribution in [3.8, 4) is 11.3 Å². The van der Waals surface area contributed by atoms with Crippen molar-refractivity contribution in [2.24, 2.45) is 7.05 Å². The van der Waals surface area contributed by atoms with Crippen LogP contribution in [-0.2, 0) is 7.05 Å². The maximum Gasteiger partial charge on any atom is 0.257 e. The molecule has 0 spiro atoms. The fourth-order valence-corrected chi connectivity index (χ4v) is 2.29. The fraction of sp³-hybridized carbons (Fsp3) is 0.111. The van der Waals surface area contributed by atoms with Gasteiger partial charge < -0.3 is 4.57 Å². The Kier molecular flexibility index (Phi) is 3.93. The average molecular weight is 309 g/mol. The summed E-state index contributed by atoms with van der Waals surface area (Å²) in [4.78, 5) is 16.4. The van der Waals surface area contributed by atoms with Crippen LogP contribution in [0.5, 0.6) is 0 Å². The highest BCUT2D eigenvalue weighted by molar-refractivity contribution is 6.03. The van der Waals surface area contributed by atoms with Crippen LogP contribution in [0.15, 0.2) is 54.7 Å². The van der Waals surface area contributed by atoms with E-state index in [1.807, 2.05) is 42.8 Å². The Morgan fingerprint density at radius 2 is 1.74 bits per heavy atom. The molecule has 1 N–H and O–H groups in total. The molecule has 0 aliphatic carbocycles. The van der Waals surface area contributed by atoms with Gasteiger partial charge in [0.2, 0.25) is 5.95 Å². The van der Waals surface area contributed by atoms with E-state index in [4.69, 9.17) is 0 Å². The molecule has 3 rings (SSSR count). The van der Waals surface area contributed by atoms with Gasteiger partial charge >= 0.3 is 0 Å². The summed E-state index contributed by atoms with van der Waals surface area (Å²) < 4.78 is 14.7. The highest BCUT2D eigenvalue weighted by atomic mass is 19.1. The number of carbonyl (C=O) groups is 1. The number of benzene rings is 2. The molecule has 0 aliphatic heterocycles. The number of amides is 1. The second-order valence-electron chi connectivity index (χ2n) is 5.35. The first-order valence-corrected chi connectivity index (χ1v) is 7.20. The summed E-state index contributed by atoms with van der Waals surface area (Å²) in [6.45, 7) is 2.03. The normalized spacial score (nSPS) is 10.6. The molecule has 1 amide bonds. The molecular formula is C18H16FN3O. The van der Waals surface area contributed by atoms with Crippen LogP contribution in [0.3, 0.4) is 0 Å². The lowest BCUT2D eigenvalue weighted by atomic mass is 10.1. The lowest BCUT2D eigenvalue weighted by Gasteiger charge is -2.08. The zero-order valence-corrected chi connectivity index (χ0v) is 12.9. The summed E-state index contributed by atoms with van der Waals surface area (Å²) in [6, 6.07) is 13.5. The van der Waals surface area contributed by atoms with Gasteiger partial charge in [-0.3, -0.25) is 10.1 Å². The monoisotopic (exact) mass is 309 g/mol. The molecule has 1 aromatic heterocycles. The molecule has 23 heavy (non-hydrogen) atoms. The van der Waals surface area contributed by atoms with Crippen LogP contribution >= 0.6 is 0 Å². The zero-order valence-electron chi connectivity index (χ0n) is 12.9. The van der Waals surface area contributed by atoms with Gasteiger partial charge in [-0.15, -0.1) is 0 Å². The van der Waals surface area contributed by atoms with Gasteiger partial charge in [0.05, 0.1) is 11.9 Å². The summed E-state index contributed by atoms with van der Waals surface area (Å²) in [5, 5.41) is 2.74. The van der Waals surface area contributed by atoms with Gasteiger partial charge in [0.25, 0.3) is 5.91 Å². The molecule has 0 radical (unpaired) electrons. The van der Waals surface area contributed by atoms with Crippen molar-refractivity contribution < 1.29 is 9.18 Å². The second-order valence-corrected chi connectivity index (χ2v) is 5.35. The first-order valence-electron chi connectivity index (χ1n) is 7.20. The van der Waals surface area contributed by atoms with Gasteiger partial charge in [-0.1, -0.05) is 29.8 Å². The fourth-order valence-electron chi connectivity index (χ4n) is 2.29. The number of nitrogens with one attached hydrogen (secondary N) is 1. The molecule has 1 heterocycles. The van der Waals surface area contributed by atoms with Crippen LogP contribution in [0.1, 0.15) is 15.9 Å². The SMILES string of the molecule is Cc1ccc(-c2cnc(NC(=O)c3ccc(F)cc3)n2C)cc1. The van der Waals surface area contributed by atoms with Crippen molar-refractivity contribution in [3.05, 3.63) is 71.7 Å². The molecule has 0 saturated heterocycles. The quantitative estimate of drug-likeness (QED) is 0.800. The van der Waals surface area contributed by atoms with E-state index in [2.05, 4.69) is 10.3 Å². The Hall–Kier alpha value is -2.95. The van der Waals surface area contributed by atoms with Gasteiger partial charge in [-0.05, 0) is 36.8 Å². The van der Waals surface area contributed by atoms with Crippen molar-refractivity contribution in [1.82, 2.24) is 9.55 Å². The smallest absolute Gasteiger partial charge is 0.257 e. The van der Waals surface area contributed by atoms with E-state index in [0.29, 0.717) is 11.5 Å². The number of rotatable bonds is 3. The molecule has 0 bridgehead atoms. The van der Waals surface area contributed by atoms with Crippen LogP contribution in [-0.4, -0.2) is 15.5 Å². The van der Waals surface area contributed by atoms with E-state index < -0.39 is 0 Å². The molecule has 0 atom stereocenters. The Balaban J connectivity index is 1.83. The van der Waals surface area contributed by atoms with E-state index in [1.54, 1.807) is 6.20 Å². The Bertz CT molecular complexity index is 836. The summed E-state index contributed by atoms with van der Waals surface area (Å²) >= 11 is 0. The van der Waals surface area contributed by atoms with E-state index in [0.717, 1.165) is 11.3 Å². The predicted molar refractivity (Wildman–Crippen MR) is 87.7 cm³/mol. The minimum atomic E-state index is -0.375. The molecule has 0 saturated carbocycles. The zero-order chi connectivity index (χ0) is 16.4. The van der Waals surface area contributed by atoms with E-state index in [9.17, 15) is 9.18 Å². The summed E-state index contributed by atoms with van der Waals surface area (Å²) in [7, 11) is 1.84. The number of anilines is 1. The van der Waals surface area contributed by atoms with E-state index in [-0.39, 0.29) is 11.7 Å². The van der Waals surface area contributed by atoms with Gasteiger partial charge in [0.1, 0.15) is 5.82 Å². The van der Waals surface area contributed by atoms with Crippen LogP contribution in [0, 0.1) is 12.7 Å². The highest BCUT2D eigenvalue weighted by Crippen LogP contribution is 2.22. The van der Waals surface area contributed by atoms with E-state index >= 15 is 0 Å². The number of nitrogens with zero attached hydrogens (tertiary/aromatic N) is 2. The number of hydrogen-bond acceptors (Lipinski definition) is 2. The number of aromatic nitrogens is 2. The van der Waals surface area contributed by atoms with Gasteiger partial charge in [-0.2, -0.15) is 0 Å². The topological polar surface area (TPSA) is 46.9 Å². The van der Waals surface area contributed by atoms with Crippen molar-refractivity contribution >= 4 is 11.9 Å². The third-order valence-electron chi connectivity index (χ3n) is 3.67. The van der Waals surface area contributed by atoms with Crippen molar-refractivity contribution in [1.29, 1.82) is 0 Å². The van der Waals surface area contributed by atoms with Crippen molar-refractivity contribution in [3.63, 3.8) is 0 Å². The largest absolute Gasteiger partial charge is 0.313 e. The molecule has 116 valence electrons. The molecular weight excluding hydrogens is 293 g/mol. The highest BCUT2D eigenvalue weighted by Gasteiger charge is 2.12. The minimum absolute atomic E-state index is 0.325. The predicted octanol–water partition coefficient (Wildman–Crippen LogP) is 3.79. The number of hydrogen-bond donors (Lipinski definition) is 1. The second kappa shape index (κ2) is 6.04. The van der Waals surface area contributed by atoms with Gasteiger partial charge in [0.15, 0.2) is 0 Å². The summed E-state index contributed by atoms with van der Waals surface area (Å²) in [6.07, 6.45) is 1.71. The number of halogens is 1. The Morgan fingerprint density at radius 3 is 2.39 bits per heavy atom. The lowest BCUT2D eigenvalue weighted by Crippen LogP contribution is -2.15. The molecule has 4 nitrogen and oxygen atoms in total. The standard InChI is InChI=1S/C18H16FN3O/c1-12-3-5-13(6-4-12)16-11-20-18(22(16)2)21-17(23)14-7-9-15(19)10-8-14/h3-11H,1-2H3,(H,20,21,23). The van der Waals surface area contributed by atoms with Crippen LogP contribution in [0.4, 0.5) is 10.3 Å². The maximum absolute atomic E-state index is 12.9. The van der Waals surface area contributed by atoms with Crippen molar-refractivity contribution in [2.45, 2.75) is 6.92 Å². The molecule has 2 aromatic carbocycles. The molecule has 0 fully saturated rings. The van der Waals surface area contributed by atoms with Crippen LogP contribution < -0.4 is 5.32 Å². The first kappa shape index (κ1) is 15.0. The minimum Gasteiger partial charge on any atom is -0.313 e. The molecule has 3 aromatic rings. The Labute approximate surface area is 133 Å². The van der Waals surface area contributed by atoms with Gasteiger partial charge in [0, 0.05) is 12.6 Å². The number of aryl methyl sites for hydroxylation is 1. The molecule has 0 aliphatic rings. The summed E-state index contributed by atoms with van der Waals surface area (Å²) in [5.74, 6) is -0.260. The third kappa shape index (κ3) is 3.13. The summed E-state index contributed by atoms with van der Waals surface area (Å²) in [5.41, 5.74) is 3.49. The first-order chi connectivity index (χ1) is 11.0. The maximum atomic E-state index is 12.9. The molecule has 0 unspecified atom stereocenters. The van der Waals surface area contributed by atoms with Crippen molar-refractivity contribution in [2.75, 3.05) is 5.32 Å². The van der Waals surface area contributed by atoms with E-state index in [1.165, 1.54) is 29.8 Å². The number of carbonyl (C=O) groups excluding carboxylic acids is 1. The van der Waals surface area contributed by atoms with Gasteiger partial charge in [-0.25, -0.2) is 9.37 Å². The number of imidazole rings is 1. The molecule has 5 heteroatoms. The average Bonchev–Trinajstić information content (AvgIpc) is 2.90. The third-order valence-corrected chi connectivity index (χ3v) is 3.67. The van der Waals surface area contributed by atoms with Crippen LogP contribution in [0.2, 0.25) is 0 Å². The Morgan fingerprint density at radius 1 is 1.09 bits per heavy atom. The lowest BCUT2D eigenvalue weighted by molar-refractivity contribution is 0.102.